The van der Waals surface area contributed by atoms with E-state index in [9.17, 15) is 0 Å². The molecule has 17 heavy (non-hydrogen) atoms. The first-order chi connectivity index (χ1) is 8.22. The number of hydrogen-bond acceptors (Lipinski definition) is 3. The number of methoxy groups -OCH3 is 1. The second-order valence-corrected chi connectivity index (χ2v) is 4.89. The molecule has 0 aromatic heterocycles. The Bertz CT molecular complexity index is 359. The van der Waals surface area contributed by atoms with E-state index < -0.39 is 0 Å². The van der Waals surface area contributed by atoms with Gasteiger partial charge in [0.15, 0.2) is 0 Å². The summed E-state index contributed by atoms with van der Waals surface area (Å²) in [5.41, 5.74) is 1.43. The topological polar surface area (TPSA) is 30.5 Å². The lowest BCUT2D eigenvalue weighted by Gasteiger charge is -2.35. The molecule has 1 aliphatic rings. The number of aryl methyl sites for hydroxylation is 1. The summed E-state index contributed by atoms with van der Waals surface area (Å²) in [6, 6.07) is 8.27. The van der Waals surface area contributed by atoms with Gasteiger partial charge in [0.1, 0.15) is 5.75 Å². The van der Waals surface area contributed by atoms with Crippen LogP contribution < -0.4 is 10.1 Å². The summed E-state index contributed by atoms with van der Waals surface area (Å²) in [5, 5.41) is 3.54. The molecule has 1 unspecified atom stereocenters. The summed E-state index contributed by atoms with van der Waals surface area (Å²) >= 11 is 0. The van der Waals surface area contributed by atoms with Crippen molar-refractivity contribution in [1.82, 2.24) is 5.32 Å². The number of ether oxygens (including phenoxy) is 2. The van der Waals surface area contributed by atoms with Crippen LogP contribution in [-0.4, -0.2) is 32.4 Å². The monoisotopic (exact) mass is 235 g/mol. The van der Waals surface area contributed by atoms with E-state index in [4.69, 9.17) is 9.47 Å². The molecule has 1 saturated heterocycles. The van der Waals surface area contributed by atoms with E-state index in [1.807, 2.05) is 12.1 Å². The van der Waals surface area contributed by atoms with Crippen molar-refractivity contribution in [3.63, 3.8) is 0 Å². The summed E-state index contributed by atoms with van der Waals surface area (Å²) in [4.78, 5) is 0. The van der Waals surface area contributed by atoms with Gasteiger partial charge < -0.3 is 14.8 Å². The van der Waals surface area contributed by atoms with E-state index in [-0.39, 0.29) is 5.54 Å². The molecular weight excluding hydrogens is 214 g/mol. The molecule has 2 rings (SSSR count). The fraction of sp³-hybridized carbons (Fsp3) is 0.571. The highest BCUT2D eigenvalue weighted by Gasteiger charge is 2.26. The SMILES string of the molecule is COc1cccc(CCC2(C)COCCN2)c1. The minimum atomic E-state index is 0.112. The summed E-state index contributed by atoms with van der Waals surface area (Å²) in [5.74, 6) is 0.931. The molecule has 94 valence electrons. The fourth-order valence-electron chi connectivity index (χ4n) is 2.18. The largest absolute Gasteiger partial charge is 0.497 e. The standard InChI is InChI=1S/C14H21NO2/c1-14(11-17-9-8-15-14)7-6-12-4-3-5-13(10-12)16-2/h3-5,10,15H,6-9,11H2,1-2H3. The number of morpholine rings is 1. The van der Waals surface area contributed by atoms with E-state index in [1.165, 1.54) is 5.56 Å². The van der Waals surface area contributed by atoms with Gasteiger partial charge in [0.2, 0.25) is 0 Å². The van der Waals surface area contributed by atoms with Gasteiger partial charge in [-0.3, -0.25) is 0 Å². The van der Waals surface area contributed by atoms with Gasteiger partial charge in [-0.05, 0) is 37.5 Å². The molecule has 0 aliphatic carbocycles. The van der Waals surface area contributed by atoms with Crippen molar-refractivity contribution in [2.45, 2.75) is 25.3 Å². The molecule has 1 N–H and O–H groups in total. The first-order valence-corrected chi connectivity index (χ1v) is 6.18. The highest BCUT2D eigenvalue weighted by molar-refractivity contribution is 5.28. The van der Waals surface area contributed by atoms with Gasteiger partial charge in [0.05, 0.1) is 20.3 Å². The van der Waals surface area contributed by atoms with Crippen LogP contribution in [0.2, 0.25) is 0 Å². The van der Waals surface area contributed by atoms with Crippen molar-refractivity contribution in [3.05, 3.63) is 29.8 Å². The van der Waals surface area contributed by atoms with Crippen molar-refractivity contribution >= 4 is 0 Å². The summed E-state index contributed by atoms with van der Waals surface area (Å²) < 4.78 is 10.8. The maximum Gasteiger partial charge on any atom is 0.119 e. The number of nitrogens with one attached hydrogen (secondary N) is 1. The van der Waals surface area contributed by atoms with E-state index >= 15 is 0 Å². The maximum atomic E-state index is 5.53. The Kier molecular flexibility index (Phi) is 4.02. The van der Waals surface area contributed by atoms with Gasteiger partial charge >= 0.3 is 0 Å². The normalized spacial score (nSPS) is 24.6. The van der Waals surface area contributed by atoms with Crippen molar-refractivity contribution < 1.29 is 9.47 Å². The second kappa shape index (κ2) is 5.52. The Morgan fingerprint density at radius 1 is 1.47 bits per heavy atom. The smallest absolute Gasteiger partial charge is 0.119 e. The lowest BCUT2D eigenvalue weighted by molar-refractivity contribution is 0.0318. The summed E-state index contributed by atoms with van der Waals surface area (Å²) in [7, 11) is 1.71. The van der Waals surface area contributed by atoms with Crippen LogP contribution in [0.3, 0.4) is 0 Å². The summed E-state index contributed by atoms with van der Waals surface area (Å²) in [6.45, 7) is 4.81. The van der Waals surface area contributed by atoms with E-state index in [1.54, 1.807) is 7.11 Å². The molecule has 0 radical (unpaired) electrons. The van der Waals surface area contributed by atoms with Crippen LogP contribution in [0.15, 0.2) is 24.3 Å². The van der Waals surface area contributed by atoms with Crippen molar-refractivity contribution in [2.24, 2.45) is 0 Å². The van der Waals surface area contributed by atoms with E-state index in [2.05, 4.69) is 24.4 Å². The molecule has 0 amide bonds. The average molecular weight is 235 g/mol. The van der Waals surface area contributed by atoms with Crippen LogP contribution in [0.4, 0.5) is 0 Å². The molecule has 1 fully saturated rings. The van der Waals surface area contributed by atoms with Crippen LogP contribution in [0.1, 0.15) is 18.9 Å². The van der Waals surface area contributed by atoms with Gasteiger partial charge in [-0.1, -0.05) is 12.1 Å². The Balaban J connectivity index is 1.92. The average Bonchev–Trinajstić information content (AvgIpc) is 2.38. The molecule has 1 aromatic rings. The maximum absolute atomic E-state index is 5.53. The number of rotatable bonds is 4. The van der Waals surface area contributed by atoms with Crippen LogP contribution in [0, 0.1) is 0 Å². The molecule has 0 saturated carbocycles. The number of hydrogen-bond donors (Lipinski definition) is 1. The molecular formula is C14H21NO2. The van der Waals surface area contributed by atoms with E-state index in [0.717, 1.165) is 38.3 Å². The highest BCUT2D eigenvalue weighted by atomic mass is 16.5. The van der Waals surface area contributed by atoms with Crippen molar-refractivity contribution in [1.29, 1.82) is 0 Å². The van der Waals surface area contributed by atoms with Gasteiger partial charge in [0, 0.05) is 12.1 Å². The van der Waals surface area contributed by atoms with Gasteiger partial charge in [0.25, 0.3) is 0 Å². The van der Waals surface area contributed by atoms with E-state index in [0.29, 0.717) is 0 Å². The predicted molar refractivity (Wildman–Crippen MR) is 68.5 cm³/mol. The van der Waals surface area contributed by atoms with Crippen LogP contribution in [0.5, 0.6) is 5.75 Å². The van der Waals surface area contributed by atoms with Crippen LogP contribution in [-0.2, 0) is 11.2 Å². The zero-order valence-electron chi connectivity index (χ0n) is 10.7. The van der Waals surface area contributed by atoms with Crippen LogP contribution >= 0.6 is 0 Å². The molecule has 1 heterocycles. The lowest BCUT2D eigenvalue weighted by Crippen LogP contribution is -2.52. The first-order valence-electron chi connectivity index (χ1n) is 6.18. The van der Waals surface area contributed by atoms with Crippen LogP contribution in [0.25, 0.3) is 0 Å². The van der Waals surface area contributed by atoms with Crippen molar-refractivity contribution in [3.8, 4) is 5.75 Å². The highest BCUT2D eigenvalue weighted by Crippen LogP contribution is 2.19. The molecule has 1 atom stereocenters. The molecule has 1 aromatic carbocycles. The molecule has 0 spiro atoms. The Morgan fingerprint density at radius 3 is 3.06 bits per heavy atom. The second-order valence-electron chi connectivity index (χ2n) is 4.89. The third kappa shape index (κ3) is 3.45. The lowest BCUT2D eigenvalue weighted by atomic mass is 9.93. The molecule has 1 aliphatic heterocycles. The minimum Gasteiger partial charge on any atom is -0.497 e. The quantitative estimate of drug-likeness (QED) is 0.866. The van der Waals surface area contributed by atoms with Crippen molar-refractivity contribution in [2.75, 3.05) is 26.9 Å². The minimum absolute atomic E-state index is 0.112. The van der Waals surface area contributed by atoms with Gasteiger partial charge in [-0.25, -0.2) is 0 Å². The third-order valence-electron chi connectivity index (χ3n) is 3.32. The molecule has 3 heteroatoms. The first kappa shape index (κ1) is 12.4. The predicted octanol–water partition coefficient (Wildman–Crippen LogP) is 2.01. The Labute approximate surface area is 103 Å². The zero-order chi connectivity index (χ0) is 12.1. The molecule has 0 bridgehead atoms. The van der Waals surface area contributed by atoms with Gasteiger partial charge in [-0.2, -0.15) is 0 Å². The molecule has 3 nitrogen and oxygen atoms in total. The summed E-state index contributed by atoms with van der Waals surface area (Å²) in [6.07, 6.45) is 2.13. The zero-order valence-corrected chi connectivity index (χ0v) is 10.7. The number of benzene rings is 1. The third-order valence-corrected chi connectivity index (χ3v) is 3.32. The van der Waals surface area contributed by atoms with Gasteiger partial charge in [-0.15, -0.1) is 0 Å². The Hall–Kier alpha value is -1.06. The fourth-order valence-corrected chi connectivity index (χ4v) is 2.18. The Morgan fingerprint density at radius 2 is 2.35 bits per heavy atom.